The fraction of sp³-hybridized carbons (Fsp3) is 0.222. The number of nitrogen functional groups attached to an aromatic ring is 1. The molecule has 0 saturated carbocycles. The summed E-state index contributed by atoms with van der Waals surface area (Å²) in [5.74, 6) is -0.908. The lowest BCUT2D eigenvalue weighted by atomic mass is 10.1. The van der Waals surface area contributed by atoms with E-state index >= 15 is 0 Å². The highest BCUT2D eigenvalue weighted by atomic mass is 35.5. The number of hydrogen-bond acceptors (Lipinski definition) is 3. The predicted octanol–water partition coefficient (Wildman–Crippen LogP) is 2.73. The Kier molecular flexibility index (Phi) is 3.32. The van der Waals surface area contributed by atoms with Gasteiger partial charge in [0.15, 0.2) is 0 Å². The molecule has 0 aromatic heterocycles. The van der Waals surface area contributed by atoms with Gasteiger partial charge in [-0.2, -0.15) is 13.2 Å². The molecule has 0 radical (unpaired) electrons. The first-order chi connectivity index (χ1) is 7.27. The molecular formula is C9H7ClF3NO2. The van der Waals surface area contributed by atoms with Crippen LogP contribution in [0.25, 0.3) is 0 Å². The second-order valence-corrected chi connectivity index (χ2v) is 3.29. The van der Waals surface area contributed by atoms with Crippen LogP contribution in [0.3, 0.4) is 0 Å². The summed E-state index contributed by atoms with van der Waals surface area (Å²) in [4.78, 5) is 11.1. The number of esters is 1. The zero-order chi connectivity index (χ0) is 12.5. The van der Waals surface area contributed by atoms with Crippen molar-refractivity contribution in [1.29, 1.82) is 0 Å². The van der Waals surface area contributed by atoms with Crippen LogP contribution in [-0.4, -0.2) is 13.1 Å². The first-order valence-electron chi connectivity index (χ1n) is 4.02. The van der Waals surface area contributed by atoms with Gasteiger partial charge >= 0.3 is 12.1 Å². The van der Waals surface area contributed by atoms with Gasteiger partial charge in [0, 0.05) is 0 Å². The van der Waals surface area contributed by atoms with E-state index in [4.69, 9.17) is 17.3 Å². The number of alkyl halides is 3. The topological polar surface area (TPSA) is 52.3 Å². The minimum absolute atomic E-state index is 0.295. The second kappa shape index (κ2) is 4.21. The number of halogens is 4. The number of anilines is 1. The molecule has 0 saturated heterocycles. The van der Waals surface area contributed by atoms with Gasteiger partial charge in [0.2, 0.25) is 0 Å². The van der Waals surface area contributed by atoms with Crippen molar-refractivity contribution < 1.29 is 22.7 Å². The number of carbonyl (C=O) groups excluding carboxylic acids is 1. The van der Waals surface area contributed by atoms with E-state index < -0.39 is 22.7 Å². The maximum Gasteiger partial charge on any atom is 0.417 e. The minimum atomic E-state index is -4.67. The fourth-order valence-electron chi connectivity index (χ4n) is 1.09. The van der Waals surface area contributed by atoms with Crippen molar-refractivity contribution in [3.8, 4) is 0 Å². The Morgan fingerprint density at radius 1 is 1.44 bits per heavy atom. The van der Waals surface area contributed by atoms with Crippen molar-refractivity contribution in [2.75, 3.05) is 12.8 Å². The van der Waals surface area contributed by atoms with Crippen LogP contribution in [-0.2, 0) is 10.9 Å². The zero-order valence-corrected chi connectivity index (χ0v) is 8.82. The molecule has 1 aromatic carbocycles. The Morgan fingerprint density at radius 2 is 2.00 bits per heavy atom. The van der Waals surface area contributed by atoms with E-state index in [0.717, 1.165) is 13.2 Å². The van der Waals surface area contributed by atoms with Crippen LogP contribution in [0.15, 0.2) is 12.1 Å². The molecule has 1 rings (SSSR count). The average molecular weight is 254 g/mol. The maximum atomic E-state index is 12.5. The van der Waals surface area contributed by atoms with Crippen molar-refractivity contribution in [3.05, 3.63) is 28.3 Å². The van der Waals surface area contributed by atoms with Gasteiger partial charge in [0.05, 0.1) is 28.9 Å². The summed E-state index contributed by atoms with van der Waals surface area (Å²) in [7, 11) is 1.06. The van der Waals surface area contributed by atoms with Gasteiger partial charge in [-0.25, -0.2) is 4.79 Å². The van der Waals surface area contributed by atoms with Gasteiger partial charge in [0.1, 0.15) is 0 Å². The zero-order valence-electron chi connectivity index (χ0n) is 8.06. The number of hydrogen-bond donors (Lipinski definition) is 1. The van der Waals surface area contributed by atoms with Crippen LogP contribution in [0.1, 0.15) is 15.9 Å². The van der Waals surface area contributed by atoms with Crippen LogP contribution in [0.2, 0.25) is 5.02 Å². The third-order valence-electron chi connectivity index (χ3n) is 1.83. The summed E-state index contributed by atoms with van der Waals surface area (Å²) < 4.78 is 41.7. The summed E-state index contributed by atoms with van der Waals surface area (Å²) in [6.07, 6.45) is -4.67. The van der Waals surface area contributed by atoms with E-state index in [9.17, 15) is 18.0 Å². The Bertz CT molecular complexity index is 431. The fourth-order valence-corrected chi connectivity index (χ4v) is 1.31. The van der Waals surface area contributed by atoms with Gasteiger partial charge < -0.3 is 10.5 Å². The molecule has 0 fully saturated rings. The number of methoxy groups -OCH3 is 1. The van der Waals surface area contributed by atoms with Gasteiger partial charge in [-0.15, -0.1) is 0 Å². The Labute approximate surface area is 93.9 Å². The number of ether oxygens (including phenoxy) is 1. The summed E-state index contributed by atoms with van der Waals surface area (Å²) >= 11 is 5.40. The monoisotopic (exact) mass is 253 g/mol. The summed E-state index contributed by atoms with van der Waals surface area (Å²) in [6.45, 7) is 0. The Balaban J connectivity index is 3.39. The van der Waals surface area contributed by atoms with Crippen molar-refractivity contribution in [2.24, 2.45) is 0 Å². The van der Waals surface area contributed by atoms with Crippen LogP contribution in [0.5, 0.6) is 0 Å². The molecule has 0 spiro atoms. The van der Waals surface area contributed by atoms with Gasteiger partial charge in [-0.3, -0.25) is 0 Å². The molecule has 0 bridgehead atoms. The molecule has 0 aliphatic heterocycles. The Hall–Kier alpha value is -1.43. The SMILES string of the molecule is COC(=O)c1cc(N)c(Cl)c(C(F)(F)F)c1. The smallest absolute Gasteiger partial charge is 0.417 e. The van der Waals surface area contributed by atoms with E-state index in [1.165, 1.54) is 0 Å². The molecule has 2 N–H and O–H groups in total. The molecule has 88 valence electrons. The van der Waals surface area contributed by atoms with Crippen molar-refractivity contribution >= 4 is 23.3 Å². The third-order valence-corrected chi connectivity index (χ3v) is 2.25. The first kappa shape index (κ1) is 12.6. The van der Waals surface area contributed by atoms with Crippen LogP contribution >= 0.6 is 11.6 Å². The molecular weight excluding hydrogens is 247 g/mol. The molecule has 3 nitrogen and oxygen atoms in total. The maximum absolute atomic E-state index is 12.5. The molecule has 0 atom stereocenters. The van der Waals surface area contributed by atoms with E-state index in [1.807, 2.05) is 0 Å². The van der Waals surface area contributed by atoms with Crippen molar-refractivity contribution in [3.63, 3.8) is 0 Å². The van der Waals surface area contributed by atoms with Gasteiger partial charge in [0.25, 0.3) is 0 Å². The molecule has 1 aromatic rings. The minimum Gasteiger partial charge on any atom is -0.465 e. The molecule has 0 aliphatic carbocycles. The number of nitrogens with two attached hydrogens (primary N) is 1. The summed E-state index contributed by atoms with van der Waals surface area (Å²) in [5, 5.41) is -0.625. The largest absolute Gasteiger partial charge is 0.465 e. The summed E-state index contributed by atoms with van der Waals surface area (Å²) in [6, 6.07) is 1.63. The Morgan fingerprint density at radius 3 is 2.44 bits per heavy atom. The molecule has 7 heteroatoms. The van der Waals surface area contributed by atoms with Crippen LogP contribution in [0.4, 0.5) is 18.9 Å². The molecule has 16 heavy (non-hydrogen) atoms. The highest BCUT2D eigenvalue weighted by Gasteiger charge is 2.35. The van der Waals surface area contributed by atoms with E-state index in [-0.39, 0.29) is 11.3 Å². The predicted molar refractivity (Wildman–Crippen MR) is 52.2 cm³/mol. The van der Waals surface area contributed by atoms with Crippen molar-refractivity contribution in [1.82, 2.24) is 0 Å². The highest BCUT2D eigenvalue weighted by molar-refractivity contribution is 6.34. The number of rotatable bonds is 1. The lowest BCUT2D eigenvalue weighted by Gasteiger charge is -2.12. The lowest BCUT2D eigenvalue weighted by molar-refractivity contribution is -0.137. The second-order valence-electron chi connectivity index (χ2n) is 2.92. The van der Waals surface area contributed by atoms with Gasteiger partial charge in [-0.05, 0) is 12.1 Å². The van der Waals surface area contributed by atoms with Crippen LogP contribution < -0.4 is 5.73 Å². The van der Waals surface area contributed by atoms with E-state index in [1.54, 1.807) is 0 Å². The van der Waals surface area contributed by atoms with Crippen molar-refractivity contribution in [2.45, 2.75) is 6.18 Å². The first-order valence-corrected chi connectivity index (χ1v) is 4.39. The quantitative estimate of drug-likeness (QED) is 0.618. The number of benzene rings is 1. The summed E-state index contributed by atoms with van der Waals surface area (Å²) in [5.41, 5.74) is 3.50. The van der Waals surface area contributed by atoms with E-state index in [2.05, 4.69) is 4.74 Å². The number of carbonyl (C=O) groups is 1. The van der Waals surface area contributed by atoms with E-state index in [0.29, 0.717) is 6.07 Å². The molecule has 0 aliphatic rings. The average Bonchev–Trinajstić information content (AvgIpc) is 2.18. The molecule has 0 amide bonds. The highest BCUT2D eigenvalue weighted by Crippen LogP contribution is 2.38. The molecule has 0 unspecified atom stereocenters. The lowest BCUT2D eigenvalue weighted by Crippen LogP contribution is -2.11. The van der Waals surface area contributed by atoms with Gasteiger partial charge in [-0.1, -0.05) is 11.6 Å². The van der Waals surface area contributed by atoms with Crippen LogP contribution in [0, 0.1) is 0 Å². The molecule has 0 heterocycles. The standard InChI is InChI=1S/C9H7ClF3NO2/c1-16-8(15)4-2-5(9(11,12)13)7(10)6(14)3-4/h2-3H,14H2,1H3. The third kappa shape index (κ3) is 2.38. The normalized spacial score (nSPS) is 11.3.